The number of rotatable bonds is 4. The van der Waals surface area contributed by atoms with E-state index in [0.29, 0.717) is 5.82 Å². The van der Waals surface area contributed by atoms with Crippen LogP contribution in [0.3, 0.4) is 0 Å². The van der Waals surface area contributed by atoms with Crippen molar-refractivity contribution in [2.24, 2.45) is 0 Å². The zero-order chi connectivity index (χ0) is 19.3. The van der Waals surface area contributed by atoms with E-state index < -0.39 is 0 Å². The number of nitrogens with two attached hydrogens (primary N) is 1. The summed E-state index contributed by atoms with van der Waals surface area (Å²) in [4.78, 5) is 25.2. The predicted molar refractivity (Wildman–Crippen MR) is 110 cm³/mol. The molecule has 1 saturated heterocycles. The molecule has 0 bridgehead atoms. The largest absolute Gasteiger partial charge is 0.384 e. The summed E-state index contributed by atoms with van der Waals surface area (Å²) in [5.41, 5.74) is 9.81. The van der Waals surface area contributed by atoms with Crippen molar-refractivity contribution in [3.05, 3.63) is 78.2 Å². The van der Waals surface area contributed by atoms with Gasteiger partial charge in [0.25, 0.3) is 5.91 Å². The summed E-state index contributed by atoms with van der Waals surface area (Å²) in [6, 6.07) is 15.6. The van der Waals surface area contributed by atoms with Crippen LogP contribution in [0, 0.1) is 0 Å². The highest BCUT2D eigenvalue weighted by Gasteiger charge is 2.22. The zero-order valence-corrected chi connectivity index (χ0v) is 15.7. The lowest BCUT2D eigenvalue weighted by Crippen LogP contribution is -2.48. The first kappa shape index (κ1) is 18.1. The van der Waals surface area contributed by atoms with Crippen LogP contribution < -0.4 is 5.73 Å². The van der Waals surface area contributed by atoms with Crippen molar-refractivity contribution < 1.29 is 4.79 Å². The number of nitrogen functional groups attached to an aromatic ring is 1. The molecule has 142 valence electrons. The smallest absolute Gasteiger partial charge is 0.253 e. The molecule has 1 aliphatic heterocycles. The van der Waals surface area contributed by atoms with Gasteiger partial charge in [0.2, 0.25) is 0 Å². The fourth-order valence-corrected chi connectivity index (χ4v) is 3.49. The molecule has 0 aliphatic carbocycles. The van der Waals surface area contributed by atoms with Crippen molar-refractivity contribution >= 4 is 11.7 Å². The molecule has 0 unspecified atom stereocenters. The van der Waals surface area contributed by atoms with Crippen LogP contribution in [0.25, 0.3) is 11.1 Å². The molecule has 1 amide bonds. The number of anilines is 1. The maximum Gasteiger partial charge on any atom is 0.253 e. The molecular weight excluding hydrogens is 350 g/mol. The van der Waals surface area contributed by atoms with Crippen LogP contribution in [0.2, 0.25) is 0 Å². The summed E-state index contributed by atoms with van der Waals surface area (Å²) in [5.74, 6) is 0.635. The third-order valence-electron chi connectivity index (χ3n) is 5.06. The van der Waals surface area contributed by atoms with Gasteiger partial charge >= 0.3 is 0 Å². The third kappa shape index (κ3) is 4.18. The zero-order valence-electron chi connectivity index (χ0n) is 15.7. The number of amides is 1. The van der Waals surface area contributed by atoms with E-state index in [1.54, 1.807) is 18.6 Å². The third-order valence-corrected chi connectivity index (χ3v) is 5.06. The van der Waals surface area contributed by atoms with E-state index in [1.807, 2.05) is 53.4 Å². The van der Waals surface area contributed by atoms with Crippen LogP contribution in [0.1, 0.15) is 15.9 Å². The average Bonchev–Trinajstić information content (AvgIpc) is 2.75. The van der Waals surface area contributed by atoms with Gasteiger partial charge in [0.15, 0.2) is 0 Å². The first-order valence-electron chi connectivity index (χ1n) is 9.41. The van der Waals surface area contributed by atoms with E-state index in [0.717, 1.165) is 55.0 Å². The van der Waals surface area contributed by atoms with Crippen molar-refractivity contribution in [1.82, 2.24) is 19.8 Å². The number of hydrogen-bond acceptors (Lipinski definition) is 5. The fourth-order valence-electron chi connectivity index (χ4n) is 3.49. The summed E-state index contributed by atoms with van der Waals surface area (Å²) < 4.78 is 0. The second-order valence-electron chi connectivity index (χ2n) is 6.97. The van der Waals surface area contributed by atoms with Gasteiger partial charge in [0, 0.05) is 56.9 Å². The highest BCUT2D eigenvalue weighted by molar-refractivity contribution is 5.94. The highest BCUT2D eigenvalue weighted by Crippen LogP contribution is 2.20. The van der Waals surface area contributed by atoms with E-state index in [9.17, 15) is 4.79 Å². The minimum absolute atomic E-state index is 0.0917. The van der Waals surface area contributed by atoms with E-state index in [2.05, 4.69) is 14.9 Å². The van der Waals surface area contributed by atoms with Gasteiger partial charge in [-0.25, -0.2) is 4.98 Å². The van der Waals surface area contributed by atoms with Gasteiger partial charge in [-0.2, -0.15) is 0 Å². The summed E-state index contributed by atoms with van der Waals surface area (Å²) in [6.45, 7) is 3.98. The van der Waals surface area contributed by atoms with Crippen molar-refractivity contribution in [2.45, 2.75) is 6.54 Å². The molecule has 1 aromatic carbocycles. The Labute approximate surface area is 164 Å². The first-order valence-corrected chi connectivity index (χ1v) is 9.41. The molecule has 6 heteroatoms. The molecule has 28 heavy (non-hydrogen) atoms. The van der Waals surface area contributed by atoms with Gasteiger partial charge in [-0.1, -0.05) is 12.1 Å². The molecule has 4 rings (SSSR count). The van der Waals surface area contributed by atoms with Crippen LogP contribution in [0.15, 0.2) is 67.1 Å². The second-order valence-corrected chi connectivity index (χ2v) is 6.97. The molecule has 0 radical (unpaired) electrons. The minimum atomic E-state index is 0.0917. The van der Waals surface area contributed by atoms with Crippen molar-refractivity contribution in [3.8, 4) is 11.1 Å². The summed E-state index contributed by atoms with van der Waals surface area (Å²) in [6.07, 6.45) is 5.28. The summed E-state index contributed by atoms with van der Waals surface area (Å²) in [7, 11) is 0. The number of aromatic nitrogens is 2. The molecule has 3 aromatic rings. The molecule has 1 fully saturated rings. The lowest BCUT2D eigenvalue weighted by Gasteiger charge is -2.34. The Kier molecular flexibility index (Phi) is 5.30. The monoisotopic (exact) mass is 373 g/mol. The predicted octanol–water partition coefficient (Wildman–Crippen LogP) is 2.68. The lowest BCUT2D eigenvalue weighted by molar-refractivity contribution is 0.0628. The number of carbonyl (C=O) groups excluding carboxylic acids is 1. The van der Waals surface area contributed by atoms with Crippen LogP contribution in [-0.4, -0.2) is 51.9 Å². The van der Waals surface area contributed by atoms with E-state index in [4.69, 9.17) is 5.73 Å². The Hall–Kier alpha value is -3.25. The van der Waals surface area contributed by atoms with Gasteiger partial charge in [0.05, 0.1) is 0 Å². The molecule has 3 heterocycles. The lowest BCUT2D eigenvalue weighted by atomic mass is 10.0. The highest BCUT2D eigenvalue weighted by atomic mass is 16.2. The normalized spacial score (nSPS) is 14.8. The van der Waals surface area contributed by atoms with Crippen LogP contribution in [0.5, 0.6) is 0 Å². The number of hydrogen-bond donors (Lipinski definition) is 1. The molecule has 0 saturated carbocycles. The summed E-state index contributed by atoms with van der Waals surface area (Å²) >= 11 is 0. The Morgan fingerprint density at radius 2 is 1.57 bits per heavy atom. The molecular formula is C22H23N5O. The second kappa shape index (κ2) is 8.19. The quantitative estimate of drug-likeness (QED) is 0.761. The maximum absolute atomic E-state index is 12.8. The standard InChI is InChI=1S/C22H23N5O/c23-21-15-17(5-10-25-21)16-26-11-13-27(14-12-26)22(28)20-3-1-18(2-4-20)19-6-8-24-9-7-19/h1-10,15H,11-14,16H2,(H2,23,25). The Morgan fingerprint density at radius 1 is 0.893 bits per heavy atom. The van der Waals surface area contributed by atoms with Crippen LogP contribution in [-0.2, 0) is 6.54 Å². The van der Waals surface area contributed by atoms with E-state index in [-0.39, 0.29) is 5.91 Å². The Bertz CT molecular complexity index is 935. The van der Waals surface area contributed by atoms with Gasteiger partial charge in [-0.05, 0) is 53.1 Å². The Balaban J connectivity index is 1.35. The Morgan fingerprint density at radius 3 is 2.25 bits per heavy atom. The molecule has 1 aliphatic rings. The fraction of sp³-hybridized carbons (Fsp3) is 0.227. The first-order chi connectivity index (χ1) is 13.7. The van der Waals surface area contributed by atoms with Gasteiger partial charge in [-0.3, -0.25) is 14.7 Å². The molecule has 2 N–H and O–H groups in total. The van der Waals surface area contributed by atoms with Gasteiger partial charge in [-0.15, -0.1) is 0 Å². The maximum atomic E-state index is 12.8. The number of benzene rings is 1. The number of nitrogens with zero attached hydrogens (tertiary/aromatic N) is 4. The SMILES string of the molecule is Nc1cc(CN2CCN(C(=O)c3ccc(-c4ccncc4)cc3)CC2)ccn1. The molecule has 6 nitrogen and oxygen atoms in total. The van der Waals surface area contributed by atoms with Crippen LogP contribution >= 0.6 is 0 Å². The average molecular weight is 373 g/mol. The number of piperazine rings is 1. The molecule has 2 aromatic heterocycles. The number of pyridine rings is 2. The summed E-state index contributed by atoms with van der Waals surface area (Å²) in [5, 5.41) is 0. The van der Waals surface area contributed by atoms with Crippen molar-refractivity contribution in [3.63, 3.8) is 0 Å². The van der Waals surface area contributed by atoms with Gasteiger partial charge in [0.1, 0.15) is 5.82 Å². The molecule has 0 spiro atoms. The minimum Gasteiger partial charge on any atom is -0.384 e. The van der Waals surface area contributed by atoms with Crippen molar-refractivity contribution in [2.75, 3.05) is 31.9 Å². The van der Waals surface area contributed by atoms with Crippen LogP contribution in [0.4, 0.5) is 5.82 Å². The van der Waals surface area contributed by atoms with E-state index in [1.165, 1.54) is 0 Å². The number of carbonyl (C=O) groups is 1. The van der Waals surface area contributed by atoms with Gasteiger partial charge < -0.3 is 10.6 Å². The van der Waals surface area contributed by atoms with E-state index >= 15 is 0 Å². The topological polar surface area (TPSA) is 75.3 Å². The van der Waals surface area contributed by atoms with Crippen molar-refractivity contribution in [1.29, 1.82) is 0 Å². The molecule has 0 atom stereocenters.